The van der Waals surface area contributed by atoms with Crippen molar-refractivity contribution < 1.29 is 4.79 Å². The standard InChI is InChI=1S/C20H24N2O/c1-16(23)21-19-12-10-18(11-13-19)20-9-5-6-14-22(20)15-17-7-3-2-4-8-17/h2-4,7-8,10-13,20H,5-6,9,14-15H2,1H3,(H,21,23)/t20-/m0/s1. The molecule has 0 aliphatic carbocycles. The molecule has 0 aromatic heterocycles. The van der Waals surface area contributed by atoms with Gasteiger partial charge in [0.25, 0.3) is 0 Å². The molecule has 2 aromatic rings. The summed E-state index contributed by atoms with van der Waals surface area (Å²) < 4.78 is 0. The van der Waals surface area contributed by atoms with Crippen LogP contribution in [0.25, 0.3) is 0 Å². The van der Waals surface area contributed by atoms with Crippen molar-refractivity contribution in [3.63, 3.8) is 0 Å². The van der Waals surface area contributed by atoms with Gasteiger partial charge in [-0.2, -0.15) is 0 Å². The Bertz CT molecular complexity index is 636. The Morgan fingerprint density at radius 1 is 1.09 bits per heavy atom. The molecule has 0 radical (unpaired) electrons. The van der Waals surface area contributed by atoms with Crippen LogP contribution in [-0.4, -0.2) is 17.4 Å². The molecule has 1 heterocycles. The van der Waals surface area contributed by atoms with Crippen LogP contribution in [0.5, 0.6) is 0 Å². The predicted molar refractivity (Wildman–Crippen MR) is 94.2 cm³/mol. The molecule has 0 saturated carbocycles. The third-order valence-corrected chi connectivity index (χ3v) is 4.46. The lowest BCUT2D eigenvalue weighted by atomic mass is 9.94. The molecule has 3 rings (SSSR count). The number of amides is 1. The van der Waals surface area contributed by atoms with E-state index in [2.05, 4.69) is 52.7 Å². The molecule has 3 nitrogen and oxygen atoms in total. The average molecular weight is 308 g/mol. The van der Waals surface area contributed by atoms with Crippen LogP contribution < -0.4 is 5.32 Å². The van der Waals surface area contributed by atoms with E-state index in [4.69, 9.17) is 0 Å². The second-order valence-corrected chi connectivity index (χ2v) is 6.27. The van der Waals surface area contributed by atoms with Crippen LogP contribution in [0, 0.1) is 0 Å². The van der Waals surface area contributed by atoms with Crippen LogP contribution in [0.4, 0.5) is 5.69 Å². The lowest BCUT2D eigenvalue weighted by Gasteiger charge is -2.36. The van der Waals surface area contributed by atoms with E-state index < -0.39 is 0 Å². The zero-order valence-electron chi connectivity index (χ0n) is 13.7. The van der Waals surface area contributed by atoms with Crippen molar-refractivity contribution in [2.45, 2.75) is 38.8 Å². The number of nitrogens with one attached hydrogen (secondary N) is 1. The van der Waals surface area contributed by atoms with E-state index in [-0.39, 0.29) is 5.91 Å². The molecule has 1 aliphatic rings. The quantitative estimate of drug-likeness (QED) is 0.909. The Balaban J connectivity index is 1.74. The Morgan fingerprint density at radius 2 is 1.83 bits per heavy atom. The van der Waals surface area contributed by atoms with E-state index in [1.807, 2.05) is 12.1 Å². The van der Waals surface area contributed by atoms with Crippen LogP contribution in [0.15, 0.2) is 54.6 Å². The highest BCUT2D eigenvalue weighted by Crippen LogP contribution is 2.32. The highest BCUT2D eigenvalue weighted by Gasteiger charge is 2.23. The summed E-state index contributed by atoms with van der Waals surface area (Å²) in [6.45, 7) is 3.68. The summed E-state index contributed by atoms with van der Waals surface area (Å²) in [5, 5.41) is 2.83. The SMILES string of the molecule is CC(=O)Nc1ccc([C@@H]2CCCCN2Cc2ccccc2)cc1. The molecule has 1 amide bonds. The Labute approximate surface area is 138 Å². The van der Waals surface area contributed by atoms with Crippen molar-refractivity contribution in [2.24, 2.45) is 0 Å². The smallest absolute Gasteiger partial charge is 0.221 e. The summed E-state index contributed by atoms with van der Waals surface area (Å²) >= 11 is 0. The Kier molecular flexibility index (Phi) is 5.09. The number of anilines is 1. The fourth-order valence-corrected chi connectivity index (χ4v) is 3.37. The highest BCUT2D eigenvalue weighted by molar-refractivity contribution is 5.88. The van der Waals surface area contributed by atoms with Gasteiger partial charge in [0.1, 0.15) is 0 Å². The fourth-order valence-electron chi connectivity index (χ4n) is 3.37. The molecule has 1 saturated heterocycles. The van der Waals surface area contributed by atoms with E-state index >= 15 is 0 Å². The third-order valence-electron chi connectivity index (χ3n) is 4.46. The molecular formula is C20H24N2O. The van der Waals surface area contributed by atoms with Crippen LogP contribution in [-0.2, 0) is 11.3 Å². The number of piperidine rings is 1. The number of likely N-dealkylation sites (tertiary alicyclic amines) is 1. The Hall–Kier alpha value is -2.13. The first-order valence-corrected chi connectivity index (χ1v) is 8.38. The van der Waals surface area contributed by atoms with E-state index in [0.29, 0.717) is 6.04 Å². The first-order chi connectivity index (χ1) is 11.2. The van der Waals surface area contributed by atoms with E-state index in [1.165, 1.54) is 37.3 Å². The van der Waals surface area contributed by atoms with Gasteiger partial charge >= 0.3 is 0 Å². The van der Waals surface area contributed by atoms with Gasteiger partial charge in [0.2, 0.25) is 5.91 Å². The van der Waals surface area contributed by atoms with E-state index in [1.54, 1.807) is 0 Å². The van der Waals surface area contributed by atoms with Gasteiger partial charge in [-0.25, -0.2) is 0 Å². The number of carbonyl (C=O) groups is 1. The number of nitrogens with zero attached hydrogens (tertiary/aromatic N) is 1. The van der Waals surface area contributed by atoms with Gasteiger partial charge in [-0.15, -0.1) is 0 Å². The van der Waals surface area contributed by atoms with E-state index in [9.17, 15) is 4.79 Å². The molecule has 23 heavy (non-hydrogen) atoms. The number of hydrogen-bond donors (Lipinski definition) is 1. The summed E-state index contributed by atoms with van der Waals surface area (Å²) in [6, 6.07) is 19.5. The van der Waals surface area contributed by atoms with Gasteiger partial charge in [-0.1, -0.05) is 48.9 Å². The van der Waals surface area contributed by atoms with Gasteiger partial charge in [-0.3, -0.25) is 9.69 Å². The summed E-state index contributed by atoms with van der Waals surface area (Å²) in [6.07, 6.45) is 3.75. The van der Waals surface area contributed by atoms with Crippen LogP contribution in [0.1, 0.15) is 43.4 Å². The first-order valence-electron chi connectivity index (χ1n) is 8.38. The molecule has 0 spiro atoms. The molecule has 0 bridgehead atoms. The molecule has 1 atom stereocenters. The van der Waals surface area contributed by atoms with Crippen LogP contribution >= 0.6 is 0 Å². The summed E-state index contributed by atoms with van der Waals surface area (Å²) in [5.41, 5.74) is 3.58. The van der Waals surface area contributed by atoms with Gasteiger partial charge in [0, 0.05) is 25.2 Å². The largest absolute Gasteiger partial charge is 0.326 e. The van der Waals surface area contributed by atoms with Crippen molar-refractivity contribution in [2.75, 3.05) is 11.9 Å². The monoisotopic (exact) mass is 308 g/mol. The normalized spacial score (nSPS) is 18.6. The third kappa shape index (κ3) is 4.20. The summed E-state index contributed by atoms with van der Waals surface area (Å²) in [7, 11) is 0. The average Bonchev–Trinajstić information content (AvgIpc) is 2.57. The zero-order valence-corrected chi connectivity index (χ0v) is 13.7. The number of benzene rings is 2. The summed E-state index contributed by atoms with van der Waals surface area (Å²) in [4.78, 5) is 13.7. The molecular weight excluding hydrogens is 284 g/mol. The minimum atomic E-state index is -0.0267. The maximum atomic E-state index is 11.1. The predicted octanol–water partition coefficient (Wildman–Crippen LogP) is 4.37. The topological polar surface area (TPSA) is 32.3 Å². The number of rotatable bonds is 4. The lowest BCUT2D eigenvalue weighted by molar-refractivity contribution is -0.114. The Morgan fingerprint density at radius 3 is 2.52 bits per heavy atom. The van der Waals surface area contributed by atoms with Gasteiger partial charge in [0.05, 0.1) is 0 Å². The molecule has 3 heteroatoms. The molecule has 2 aromatic carbocycles. The summed E-state index contributed by atoms with van der Waals surface area (Å²) in [5.74, 6) is -0.0267. The molecule has 1 fully saturated rings. The lowest BCUT2D eigenvalue weighted by Crippen LogP contribution is -2.32. The number of hydrogen-bond acceptors (Lipinski definition) is 2. The first kappa shape index (κ1) is 15.8. The van der Waals surface area contributed by atoms with Crippen molar-refractivity contribution in [3.8, 4) is 0 Å². The van der Waals surface area contributed by atoms with Crippen molar-refractivity contribution >= 4 is 11.6 Å². The maximum Gasteiger partial charge on any atom is 0.221 e. The van der Waals surface area contributed by atoms with Crippen molar-refractivity contribution in [1.82, 2.24) is 4.90 Å². The van der Waals surface area contributed by atoms with Crippen LogP contribution in [0.3, 0.4) is 0 Å². The minimum Gasteiger partial charge on any atom is -0.326 e. The zero-order chi connectivity index (χ0) is 16.1. The van der Waals surface area contributed by atoms with Crippen molar-refractivity contribution in [3.05, 3.63) is 65.7 Å². The van der Waals surface area contributed by atoms with E-state index in [0.717, 1.165) is 18.8 Å². The number of carbonyl (C=O) groups excluding carboxylic acids is 1. The van der Waals surface area contributed by atoms with Gasteiger partial charge < -0.3 is 5.32 Å². The van der Waals surface area contributed by atoms with Crippen LogP contribution in [0.2, 0.25) is 0 Å². The molecule has 120 valence electrons. The van der Waals surface area contributed by atoms with Gasteiger partial charge in [-0.05, 0) is 42.6 Å². The van der Waals surface area contributed by atoms with Crippen molar-refractivity contribution in [1.29, 1.82) is 0 Å². The molecule has 1 N–H and O–H groups in total. The molecule has 1 aliphatic heterocycles. The highest BCUT2D eigenvalue weighted by atomic mass is 16.1. The minimum absolute atomic E-state index is 0.0267. The second kappa shape index (κ2) is 7.42. The maximum absolute atomic E-state index is 11.1. The fraction of sp³-hybridized carbons (Fsp3) is 0.350. The second-order valence-electron chi connectivity index (χ2n) is 6.27. The molecule has 0 unspecified atom stereocenters. The van der Waals surface area contributed by atoms with Gasteiger partial charge in [0.15, 0.2) is 0 Å².